The molecule has 0 spiro atoms. The van der Waals surface area contributed by atoms with E-state index in [-0.39, 0.29) is 12.5 Å². The van der Waals surface area contributed by atoms with Crippen molar-refractivity contribution >= 4 is 5.91 Å². The van der Waals surface area contributed by atoms with E-state index >= 15 is 0 Å². The van der Waals surface area contributed by atoms with Gasteiger partial charge in [-0.05, 0) is 12.1 Å². The molecular formula is C12H18N2O4. The minimum Gasteiger partial charge on any atom is -0.467 e. The summed E-state index contributed by atoms with van der Waals surface area (Å²) in [6.45, 7) is 2.99. The van der Waals surface area contributed by atoms with Crippen LogP contribution in [0.25, 0.3) is 0 Å². The molecule has 1 aliphatic heterocycles. The molecule has 2 N–H and O–H groups in total. The van der Waals surface area contributed by atoms with E-state index in [0.29, 0.717) is 25.5 Å². The van der Waals surface area contributed by atoms with Crippen molar-refractivity contribution in [2.24, 2.45) is 0 Å². The van der Waals surface area contributed by atoms with Gasteiger partial charge in [0.05, 0.1) is 32.6 Å². The maximum Gasteiger partial charge on any atom is 0.234 e. The van der Waals surface area contributed by atoms with Crippen molar-refractivity contribution < 1.29 is 19.1 Å². The third-order valence-electron chi connectivity index (χ3n) is 2.88. The fourth-order valence-corrected chi connectivity index (χ4v) is 1.90. The fraction of sp³-hybridized carbons (Fsp3) is 0.583. The van der Waals surface area contributed by atoms with E-state index in [4.69, 9.17) is 9.15 Å². The highest BCUT2D eigenvalue weighted by Crippen LogP contribution is 2.12. The first-order valence-electron chi connectivity index (χ1n) is 6.03. The number of hydrogen-bond acceptors (Lipinski definition) is 5. The van der Waals surface area contributed by atoms with Crippen LogP contribution in [0.1, 0.15) is 11.8 Å². The van der Waals surface area contributed by atoms with Crippen molar-refractivity contribution in [1.29, 1.82) is 0 Å². The number of rotatable bonds is 5. The van der Waals surface area contributed by atoms with Crippen LogP contribution < -0.4 is 5.32 Å². The van der Waals surface area contributed by atoms with Crippen LogP contribution in [-0.4, -0.2) is 55.4 Å². The van der Waals surface area contributed by atoms with Gasteiger partial charge in [-0.1, -0.05) is 0 Å². The summed E-state index contributed by atoms with van der Waals surface area (Å²) in [5.74, 6) is 0.445. The predicted octanol–water partition coefficient (Wildman–Crippen LogP) is -0.239. The highest BCUT2D eigenvalue weighted by atomic mass is 16.5. The van der Waals surface area contributed by atoms with Crippen molar-refractivity contribution in [2.45, 2.75) is 6.04 Å². The van der Waals surface area contributed by atoms with Crippen LogP contribution >= 0.6 is 0 Å². The molecule has 1 aliphatic rings. The lowest BCUT2D eigenvalue weighted by molar-refractivity contribution is -0.124. The average molecular weight is 254 g/mol. The van der Waals surface area contributed by atoms with E-state index < -0.39 is 6.04 Å². The summed E-state index contributed by atoms with van der Waals surface area (Å²) in [5.41, 5.74) is 0. The zero-order valence-corrected chi connectivity index (χ0v) is 10.2. The SMILES string of the molecule is O=C(CN1CCOCC1)NC(CO)c1ccco1. The average Bonchev–Trinajstić information content (AvgIpc) is 2.91. The standard InChI is InChI=1S/C12H18N2O4/c15-9-10(11-2-1-5-18-11)13-12(16)8-14-3-6-17-7-4-14/h1-2,5,10,15H,3-4,6-9H2,(H,13,16). The first-order chi connectivity index (χ1) is 8.79. The van der Waals surface area contributed by atoms with Crippen LogP contribution in [-0.2, 0) is 9.53 Å². The van der Waals surface area contributed by atoms with Crippen LogP contribution in [0.15, 0.2) is 22.8 Å². The van der Waals surface area contributed by atoms with E-state index in [1.165, 1.54) is 6.26 Å². The zero-order chi connectivity index (χ0) is 12.8. The normalized spacial score (nSPS) is 18.5. The number of ether oxygens (including phenoxy) is 1. The lowest BCUT2D eigenvalue weighted by Crippen LogP contribution is -2.44. The molecule has 0 aliphatic carbocycles. The summed E-state index contributed by atoms with van der Waals surface area (Å²) >= 11 is 0. The summed E-state index contributed by atoms with van der Waals surface area (Å²) in [7, 11) is 0. The number of nitrogens with zero attached hydrogens (tertiary/aromatic N) is 1. The molecule has 1 amide bonds. The van der Waals surface area contributed by atoms with Crippen molar-refractivity contribution in [1.82, 2.24) is 10.2 Å². The van der Waals surface area contributed by atoms with Gasteiger partial charge in [-0.25, -0.2) is 0 Å². The van der Waals surface area contributed by atoms with Crippen LogP contribution in [0.5, 0.6) is 0 Å². The van der Waals surface area contributed by atoms with Crippen LogP contribution in [0, 0.1) is 0 Å². The molecule has 2 heterocycles. The maximum atomic E-state index is 11.8. The Morgan fingerprint density at radius 2 is 2.28 bits per heavy atom. The molecular weight excluding hydrogens is 236 g/mol. The van der Waals surface area contributed by atoms with Crippen molar-refractivity contribution in [3.05, 3.63) is 24.2 Å². The van der Waals surface area contributed by atoms with Gasteiger partial charge in [-0.2, -0.15) is 0 Å². The van der Waals surface area contributed by atoms with Crippen LogP contribution in [0.2, 0.25) is 0 Å². The number of carbonyl (C=O) groups is 1. The second kappa shape index (κ2) is 6.53. The van der Waals surface area contributed by atoms with E-state index in [1.54, 1.807) is 12.1 Å². The molecule has 0 saturated carbocycles. The molecule has 0 aromatic carbocycles. The molecule has 0 radical (unpaired) electrons. The summed E-state index contributed by atoms with van der Waals surface area (Å²) < 4.78 is 10.4. The Morgan fingerprint density at radius 1 is 1.50 bits per heavy atom. The highest BCUT2D eigenvalue weighted by molar-refractivity contribution is 5.78. The molecule has 1 fully saturated rings. The third-order valence-corrected chi connectivity index (χ3v) is 2.88. The molecule has 1 saturated heterocycles. The van der Waals surface area contributed by atoms with Crippen molar-refractivity contribution in [3.8, 4) is 0 Å². The number of aliphatic hydroxyl groups excluding tert-OH is 1. The first-order valence-corrected chi connectivity index (χ1v) is 6.03. The third kappa shape index (κ3) is 3.56. The van der Waals surface area contributed by atoms with Gasteiger partial charge in [0, 0.05) is 13.1 Å². The minimum absolute atomic E-state index is 0.118. The Labute approximate surface area is 106 Å². The van der Waals surface area contributed by atoms with Crippen LogP contribution in [0.3, 0.4) is 0 Å². The number of hydrogen-bond donors (Lipinski definition) is 2. The number of amides is 1. The number of furan rings is 1. The molecule has 0 bridgehead atoms. The summed E-state index contributed by atoms with van der Waals surface area (Å²) in [4.78, 5) is 13.9. The van der Waals surface area contributed by atoms with Gasteiger partial charge in [0.15, 0.2) is 0 Å². The lowest BCUT2D eigenvalue weighted by Gasteiger charge is -2.26. The fourth-order valence-electron chi connectivity index (χ4n) is 1.90. The summed E-state index contributed by atoms with van der Waals surface area (Å²) in [5, 5.41) is 12.0. The van der Waals surface area contributed by atoms with Gasteiger partial charge in [-0.3, -0.25) is 9.69 Å². The van der Waals surface area contributed by atoms with Gasteiger partial charge in [0.25, 0.3) is 0 Å². The van der Waals surface area contributed by atoms with E-state index in [0.717, 1.165) is 13.1 Å². The zero-order valence-electron chi connectivity index (χ0n) is 10.2. The smallest absolute Gasteiger partial charge is 0.234 e. The predicted molar refractivity (Wildman–Crippen MR) is 63.9 cm³/mol. The summed E-state index contributed by atoms with van der Waals surface area (Å²) in [6.07, 6.45) is 1.52. The second-order valence-electron chi connectivity index (χ2n) is 4.21. The largest absolute Gasteiger partial charge is 0.467 e. The van der Waals surface area contributed by atoms with Gasteiger partial charge in [0.1, 0.15) is 11.8 Å². The molecule has 1 unspecified atom stereocenters. The summed E-state index contributed by atoms with van der Waals surface area (Å²) in [6, 6.07) is 2.98. The highest BCUT2D eigenvalue weighted by Gasteiger charge is 2.19. The lowest BCUT2D eigenvalue weighted by atomic mass is 10.2. The minimum atomic E-state index is -0.478. The van der Waals surface area contributed by atoms with Crippen molar-refractivity contribution in [3.63, 3.8) is 0 Å². The van der Waals surface area contributed by atoms with Gasteiger partial charge in [-0.15, -0.1) is 0 Å². The van der Waals surface area contributed by atoms with Gasteiger partial charge in [0.2, 0.25) is 5.91 Å². The number of aliphatic hydroxyl groups is 1. The van der Waals surface area contributed by atoms with Gasteiger partial charge >= 0.3 is 0 Å². The van der Waals surface area contributed by atoms with E-state index in [2.05, 4.69) is 5.32 Å². The second-order valence-corrected chi connectivity index (χ2v) is 4.21. The molecule has 6 heteroatoms. The van der Waals surface area contributed by atoms with E-state index in [1.807, 2.05) is 4.90 Å². The molecule has 1 aromatic rings. The molecule has 100 valence electrons. The molecule has 1 aromatic heterocycles. The Bertz CT molecular complexity index is 360. The van der Waals surface area contributed by atoms with Crippen LogP contribution in [0.4, 0.5) is 0 Å². The quantitative estimate of drug-likeness (QED) is 0.758. The topological polar surface area (TPSA) is 74.9 Å². The Morgan fingerprint density at radius 3 is 2.89 bits per heavy atom. The molecule has 18 heavy (non-hydrogen) atoms. The molecule has 1 atom stereocenters. The monoisotopic (exact) mass is 254 g/mol. The van der Waals surface area contributed by atoms with Crippen molar-refractivity contribution in [2.75, 3.05) is 39.5 Å². The Kier molecular flexibility index (Phi) is 4.74. The number of morpholine rings is 1. The molecule has 2 rings (SSSR count). The van der Waals surface area contributed by atoms with E-state index in [9.17, 15) is 9.90 Å². The Balaban J connectivity index is 1.82. The number of carbonyl (C=O) groups excluding carboxylic acids is 1. The van der Waals surface area contributed by atoms with Gasteiger partial charge < -0.3 is 19.6 Å². The number of nitrogens with one attached hydrogen (secondary N) is 1. The first kappa shape index (κ1) is 13.1. The maximum absolute atomic E-state index is 11.8. The molecule has 6 nitrogen and oxygen atoms in total. The Hall–Kier alpha value is -1.37.